The first-order valence-electron chi connectivity index (χ1n) is 11.7. The third-order valence-corrected chi connectivity index (χ3v) is 6.00. The minimum atomic E-state index is 0. The molecule has 0 unspecified atom stereocenters. The number of piperazine rings is 1. The fourth-order valence-corrected chi connectivity index (χ4v) is 4.02. The molecule has 0 amide bonds. The summed E-state index contributed by atoms with van der Waals surface area (Å²) in [6, 6.07) is 14.9. The van der Waals surface area contributed by atoms with E-state index in [4.69, 9.17) is 14.5 Å². The van der Waals surface area contributed by atoms with Crippen LogP contribution in [0.4, 0.5) is 0 Å². The maximum Gasteiger partial charge on any atom is 0.231 e. The zero-order chi connectivity index (χ0) is 22.2. The summed E-state index contributed by atoms with van der Waals surface area (Å²) in [5, 5.41) is 6.76. The second-order valence-electron chi connectivity index (χ2n) is 8.26. The van der Waals surface area contributed by atoms with Crippen LogP contribution >= 0.6 is 24.0 Å². The average molecular weight is 566 g/mol. The Labute approximate surface area is 214 Å². The largest absolute Gasteiger partial charge is 0.454 e. The van der Waals surface area contributed by atoms with Crippen molar-refractivity contribution in [2.45, 2.75) is 33.5 Å². The smallest absolute Gasteiger partial charge is 0.231 e. The Morgan fingerprint density at radius 1 is 0.848 bits per heavy atom. The van der Waals surface area contributed by atoms with Crippen LogP contribution in [-0.4, -0.2) is 61.8 Å². The van der Waals surface area contributed by atoms with Crippen LogP contribution in [0.3, 0.4) is 0 Å². The summed E-state index contributed by atoms with van der Waals surface area (Å²) >= 11 is 0. The SMILES string of the molecule is CCNC(=NCc1ccc2c(c1)OCO2)NCc1ccc(CN2CCN(CC)CC2)cc1.I. The molecule has 0 spiro atoms. The number of halogens is 1. The zero-order valence-electron chi connectivity index (χ0n) is 19.7. The van der Waals surface area contributed by atoms with Gasteiger partial charge in [-0.05, 0) is 42.3 Å². The van der Waals surface area contributed by atoms with Crippen molar-refractivity contribution in [3.8, 4) is 11.5 Å². The highest BCUT2D eigenvalue weighted by Crippen LogP contribution is 2.32. The van der Waals surface area contributed by atoms with Crippen molar-refractivity contribution in [1.29, 1.82) is 0 Å². The van der Waals surface area contributed by atoms with E-state index in [2.05, 4.69) is 58.5 Å². The van der Waals surface area contributed by atoms with Crippen molar-refractivity contribution < 1.29 is 9.47 Å². The highest BCUT2D eigenvalue weighted by molar-refractivity contribution is 14.0. The number of nitrogens with zero attached hydrogens (tertiary/aromatic N) is 3. The molecule has 1 saturated heterocycles. The first kappa shape index (κ1) is 25.6. The topological polar surface area (TPSA) is 61.4 Å². The third kappa shape index (κ3) is 7.48. The van der Waals surface area contributed by atoms with Crippen LogP contribution in [0.5, 0.6) is 11.5 Å². The van der Waals surface area contributed by atoms with E-state index in [1.807, 2.05) is 18.2 Å². The molecule has 2 heterocycles. The molecule has 0 atom stereocenters. The van der Waals surface area contributed by atoms with Gasteiger partial charge < -0.3 is 25.0 Å². The van der Waals surface area contributed by atoms with Crippen LogP contribution in [-0.2, 0) is 19.6 Å². The van der Waals surface area contributed by atoms with Crippen LogP contribution < -0.4 is 20.1 Å². The summed E-state index contributed by atoms with van der Waals surface area (Å²) in [6.45, 7) is 13.6. The van der Waals surface area contributed by atoms with Gasteiger partial charge in [0.05, 0.1) is 6.54 Å². The van der Waals surface area contributed by atoms with Crippen molar-refractivity contribution in [3.05, 3.63) is 59.2 Å². The van der Waals surface area contributed by atoms with E-state index < -0.39 is 0 Å². The van der Waals surface area contributed by atoms with Gasteiger partial charge in [-0.3, -0.25) is 4.90 Å². The van der Waals surface area contributed by atoms with Gasteiger partial charge in [-0.15, -0.1) is 24.0 Å². The Kier molecular flexibility index (Phi) is 10.1. The molecule has 0 bridgehead atoms. The van der Waals surface area contributed by atoms with Crippen LogP contribution in [0, 0.1) is 0 Å². The van der Waals surface area contributed by atoms with Gasteiger partial charge >= 0.3 is 0 Å². The molecule has 2 aromatic carbocycles. The van der Waals surface area contributed by atoms with E-state index in [9.17, 15) is 0 Å². The maximum atomic E-state index is 5.46. The second kappa shape index (κ2) is 13.0. The summed E-state index contributed by atoms with van der Waals surface area (Å²) in [5.74, 6) is 2.40. The molecule has 2 aromatic rings. The van der Waals surface area contributed by atoms with Gasteiger partial charge in [-0.1, -0.05) is 37.3 Å². The van der Waals surface area contributed by atoms with Crippen LogP contribution in [0.2, 0.25) is 0 Å². The molecule has 180 valence electrons. The zero-order valence-corrected chi connectivity index (χ0v) is 22.0. The van der Waals surface area contributed by atoms with Crippen molar-refractivity contribution in [2.75, 3.05) is 46.1 Å². The Morgan fingerprint density at radius 2 is 1.52 bits per heavy atom. The lowest BCUT2D eigenvalue weighted by Gasteiger charge is -2.34. The molecule has 0 radical (unpaired) electrons. The lowest BCUT2D eigenvalue weighted by atomic mass is 10.1. The molecule has 0 aromatic heterocycles. The molecular weight excluding hydrogens is 529 g/mol. The molecule has 33 heavy (non-hydrogen) atoms. The molecule has 2 aliphatic rings. The molecule has 0 saturated carbocycles. The standard InChI is InChI=1S/C25H35N5O2.HI/c1-3-26-25(28-17-22-9-10-23-24(15-22)32-19-31-23)27-16-20-5-7-21(8-6-20)18-30-13-11-29(4-2)12-14-30;/h5-10,15H,3-4,11-14,16-19H2,1-2H3,(H2,26,27,28);1H. The third-order valence-electron chi connectivity index (χ3n) is 6.00. The van der Waals surface area contributed by atoms with Gasteiger partial charge in [0.15, 0.2) is 17.5 Å². The maximum absolute atomic E-state index is 5.46. The molecule has 1 fully saturated rings. The summed E-state index contributed by atoms with van der Waals surface area (Å²) in [7, 11) is 0. The predicted molar refractivity (Wildman–Crippen MR) is 143 cm³/mol. The number of rotatable bonds is 8. The lowest BCUT2D eigenvalue weighted by Crippen LogP contribution is -2.45. The van der Waals surface area contributed by atoms with Crippen LogP contribution in [0.15, 0.2) is 47.5 Å². The highest BCUT2D eigenvalue weighted by Gasteiger charge is 2.15. The normalized spacial score (nSPS) is 16.4. The van der Waals surface area contributed by atoms with E-state index in [1.165, 1.54) is 24.2 Å². The van der Waals surface area contributed by atoms with Gasteiger partial charge in [0.2, 0.25) is 6.79 Å². The Hall–Kier alpha value is -2.04. The van der Waals surface area contributed by atoms with Gasteiger partial charge in [0.1, 0.15) is 0 Å². The van der Waals surface area contributed by atoms with Crippen LogP contribution in [0.25, 0.3) is 0 Å². The Bertz CT molecular complexity index is 898. The van der Waals surface area contributed by atoms with Crippen molar-refractivity contribution in [3.63, 3.8) is 0 Å². The van der Waals surface area contributed by atoms with E-state index in [1.54, 1.807) is 0 Å². The van der Waals surface area contributed by atoms with Crippen molar-refractivity contribution in [1.82, 2.24) is 20.4 Å². The highest BCUT2D eigenvalue weighted by atomic mass is 127. The van der Waals surface area contributed by atoms with Gasteiger partial charge in [0.25, 0.3) is 0 Å². The number of hydrogen-bond acceptors (Lipinski definition) is 5. The molecule has 7 nitrogen and oxygen atoms in total. The Morgan fingerprint density at radius 3 is 2.24 bits per heavy atom. The fraction of sp³-hybridized carbons (Fsp3) is 0.480. The van der Waals surface area contributed by atoms with Gasteiger partial charge in [-0.25, -0.2) is 4.99 Å². The number of fused-ring (bicyclic) bond motifs is 1. The molecule has 8 heteroatoms. The van der Waals surface area contributed by atoms with Gasteiger partial charge in [0, 0.05) is 45.8 Å². The predicted octanol–water partition coefficient (Wildman–Crippen LogP) is 3.43. The molecule has 0 aliphatic carbocycles. The van der Waals surface area contributed by atoms with E-state index in [0.717, 1.165) is 62.3 Å². The quantitative estimate of drug-likeness (QED) is 0.291. The number of benzene rings is 2. The number of nitrogens with one attached hydrogen (secondary N) is 2. The summed E-state index contributed by atoms with van der Waals surface area (Å²) in [4.78, 5) is 9.78. The number of ether oxygens (including phenoxy) is 2. The molecular formula is C25H36IN5O2. The number of aliphatic imine (C=N–C) groups is 1. The summed E-state index contributed by atoms with van der Waals surface area (Å²) in [5.41, 5.74) is 3.72. The number of likely N-dealkylation sites (N-methyl/N-ethyl adjacent to an activating group) is 1. The number of hydrogen-bond donors (Lipinski definition) is 2. The monoisotopic (exact) mass is 565 g/mol. The lowest BCUT2D eigenvalue weighted by molar-refractivity contribution is 0.132. The first-order valence-corrected chi connectivity index (χ1v) is 11.7. The van der Waals surface area contributed by atoms with E-state index in [0.29, 0.717) is 13.3 Å². The summed E-state index contributed by atoms with van der Waals surface area (Å²) in [6.07, 6.45) is 0. The molecule has 4 rings (SSSR count). The van der Waals surface area contributed by atoms with Crippen molar-refractivity contribution >= 4 is 29.9 Å². The first-order chi connectivity index (χ1) is 15.7. The second-order valence-corrected chi connectivity index (χ2v) is 8.26. The summed E-state index contributed by atoms with van der Waals surface area (Å²) < 4.78 is 10.8. The number of guanidine groups is 1. The van der Waals surface area contributed by atoms with E-state index in [-0.39, 0.29) is 24.0 Å². The Balaban J connectivity index is 0.00000306. The average Bonchev–Trinajstić information content (AvgIpc) is 3.30. The minimum absolute atomic E-state index is 0. The molecule has 2 aliphatic heterocycles. The van der Waals surface area contributed by atoms with Crippen molar-refractivity contribution in [2.24, 2.45) is 4.99 Å². The van der Waals surface area contributed by atoms with Crippen LogP contribution in [0.1, 0.15) is 30.5 Å². The minimum Gasteiger partial charge on any atom is -0.454 e. The molecule has 2 N–H and O–H groups in total. The fourth-order valence-electron chi connectivity index (χ4n) is 4.02. The van der Waals surface area contributed by atoms with Gasteiger partial charge in [-0.2, -0.15) is 0 Å². The van der Waals surface area contributed by atoms with E-state index >= 15 is 0 Å².